The van der Waals surface area contributed by atoms with Crippen molar-refractivity contribution in [3.8, 4) is 5.75 Å². The molecular formula is C20H28N4O3. The first-order valence-electron chi connectivity index (χ1n) is 9.37. The number of aromatic nitrogens is 1. The van der Waals surface area contributed by atoms with Crippen molar-refractivity contribution in [1.29, 1.82) is 0 Å². The van der Waals surface area contributed by atoms with Crippen LogP contribution in [0.3, 0.4) is 0 Å². The van der Waals surface area contributed by atoms with E-state index in [1.807, 2.05) is 24.4 Å². The number of aromatic amines is 1. The van der Waals surface area contributed by atoms with E-state index >= 15 is 0 Å². The van der Waals surface area contributed by atoms with Crippen LogP contribution in [0.25, 0.3) is 10.9 Å². The van der Waals surface area contributed by atoms with Gasteiger partial charge in [-0.2, -0.15) is 0 Å². The van der Waals surface area contributed by atoms with E-state index in [0.29, 0.717) is 13.1 Å². The van der Waals surface area contributed by atoms with Crippen molar-refractivity contribution >= 4 is 22.8 Å². The number of likely N-dealkylation sites (tertiary alicyclic amines) is 1. The lowest BCUT2D eigenvalue weighted by atomic mass is 9.97. The van der Waals surface area contributed by atoms with Gasteiger partial charge >= 0.3 is 6.03 Å². The number of hydrogen-bond donors (Lipinski definition) is 2. The first kappa shape index (κ1) is 19.1. The summed E-state index contributed by atoms with van der Waals surface area (Å²) >= 11 is 0. The van der Waals surface area contributed by atoms with Gasteiger partial charge in [-0.25, -0.2) is 4.79 Å². The summed E-state index contributed by atoms with van der Waals surface area (Å²) in [5, 5.41) is 4.15. The van der Waals surface area contributed by atoms with Crippen LogP contribution in [0.1, 0.15) is 18.4 Å². The number of fused-ring (bicyclic) bond motifs is 1. The van der Waals surface area contributed by atoms with Crippen LogP contribution < -0.4 is 10.1 Å². The number of urea groups is 1. The third-order valence-electron chi connectivity index (χ3n) is 5.11. The van der Waals surface area contributed by atoms with Crippen molar-refractivity contribution in [2.75, 3.05) is 40.8 Å². The van der Waals surface area contributed by atoms with E-state index in [9.17, 15) is 9.59 Å². The minimum Gasteiger partial charge on any atom is -0.497 e. The number of carbonyl (C=O) groups excluding carboxylic acids is 2. The molecule has 0 spiro atoms. The molecule has 3 rings (SSSR count). The summed E-state index contributed by atoms with van der Waals surface area (Å²) in [6.45, 7) is 1.78. The van der Waals surface area contributed by atoms with E-state index in [-0.39, 0.29) is 17.9 Å². The molecule has 1 atom stereocenters. The second kappa shape index (κ2) is 8.33. The molecule has 1 unspecified atom stereocenters. The summed E-state index contributed by atoms with van der Waals surface area (Å²) in [6.07, 6.45) is 4.41. The molecule has 1 saturated heterocycles. The van der Waals surface area contributed by atoms with Crippen LogP contribution in [0, 0.1) is 5.92 Å². The Labute approximate surface area is 159 Å². The molecule has 2 N–H and O–H groups in total. The van der Waals surface area contributed by atoms with E-state index < -0.39 is 0 Å². The molecule has 2 heterocycles. The first-order valence-corrected chi connectivity index (χ1v) is 9.37. The van der Waals surface area contributed by atoms with Gasteiger partial charge in [-0.3, -0.25) is 4.79 Å². The quantitative estimate of drug-likeness (QED) is 0.845. The highest BCUT2D eigenvalue weighted by Gasteiger charge is 2.28. The van der Waals surface area contributed by atoms with Gasteiger partial charge in [0.1, 0.15) is 5.75 Å². The molecule has 0 bridgehead atoms. The second-order valence-corrected chi connectivity index (χ2v) is 7.23. The van der Waals surface area contributed by atoms with Crippen LogP contribution in [0.2, 0.25) is 0 Å². The van der Waals surface area contributed by atoms with Gasteiger partial charge in [-0.05, 0) is 43.0 Å². The van der Waals surface area contributed by atoms with Crippen LogP contribution in [0.5, 0.6) is 5.75 Å². The van der Waals surface area contributed by atoms with Crippen molar-refractivity contribution in [1.82, 2.24) is 20.1 Å². The first-order chi connectivity index (χ1) is 13.0. The largest absolute Gasteiger partial charge is 0.497 e. The molecule has 7 nitrogen and oxygen atoms in total. The van der Waals surface area contributed by atoms with E-state index in [1.54, 1.807) is 31.0 Å². The highest BCUT2D eigenvalue weighted by atomic mass is 16.5. The van der Waals surface area contributed by atoms with E-state index in [2.05, 4.69) is 10.3 Å². The topological polar surface area (TPSA) is 77.7 Å². The fraction of sp³-hybridized carbons (Fsp3) is 0.500. The molecule has 1 aliphatic rings. The number of methoxy groups -OCH3 is 1. The molecule has 1 aliphatic heterocycles. The molecule has 0 aliphatic carbocycles. The molecule has 1 aromatic heterocycles. The maximum absolute atomic E-state index is 12.5. The number of H-pyrrole nitrogens is 1. The number of piperidine rings is 1. The lowest BCUT2D eigenvalue weighted by molar-refractivity contribution is -0.126. The highest BCUT2D eigenvalue weighted by Crippen LogP contribution is 2.24. The van der Waals surface area contributed by atoms with Crippen LogP contribution in [0.4, 0.5) is 4.79 Å². The van der Waals surface area contributed by atoms with Crippen LogP contribution in [0.15, 0.2) is 24.4 Å². The molecule has 0 saturated carbocycles. The lowest BCUT2D eigenvalue weighted by Gasteiger charge is -2.33. The van der Waals surface area contributed by atoms with E-state index in [0.717, 1.165) is 48.0 Å². The maximum atomic E-state index is 12.5. The lowest BCUT2D eigenvalue weighted by Crippen LogP contribution is -2.48. The average Bonchev–Trinajstić information content (AvgIpc) is 3.09. The van der Waals surface area contributed by atoms with Gasteiger partial charge in [0.2, 0.25) is 5.91 Å². The summed E-state index contributed by atoms with van der Waals surface area (Å²) in [5.74, 6) is 0.717. The van der Waals surface area contributed by atoms with Crippen molar-refractivity contribution in [2.45, 2.75) is 19.3 Å². The van der Waals surface area contributed by atoms with Gasteiger partial charge in [-0.1, -0.05) is 0 Å². The third kappa shape index (κ3) is 4.35. The number of ether oxygens (including phenoxy) is 1. The molecule has 7 heteroatoms. The predicted molar refractivity (Wildman–Crippen MR) is 105 cm³/mol. The normalized spacial score (nSPS) is 17.0. The Hall–Kier alpha value is -2.70. The van der Waals surface area contributed by atoms with Gasteiger partial charge in [0, 0.05) is 50.8 Å². The smallest absolute Gasteiger partial charge is 0.319 e. The average molecular weight is 372 g/mol. The molecule has 1 fully saturated rings. The predicted octanol–water partition coefficient (Wildman–Crippen LogP) is 2.23. The molecular weight excluding hydrogens is 344 g/mol. The molecule has 3 amide bonds. The molecule has 0 radical (unpaired) electrons. The van der Waals surface area contributed by atoms with Gasteiger partial charge in [-0.15, -0.1) is 0 Å². The number of amides is 3. The maximum Gasteiger partial charge on any atom is 0.319 e. The van der Waals surface area contributed by atoms with Crippen molar-refractivity contribution in [3.63, 3.8) is 0 Å². The Morgan fingerprint density at radius 3 is 2.93 bits per heavy atom. The zero-order valence-electron chi connectivity index (χ0n) is 16.2. The van der Waals surface area contributed by atoms with E-state index in [4.69, 9.17) is 4.74 Å². The van der Waals surface area contributed by atoms with Gasteiger partial charge in [0.05, 0.1) is 13.0 Å². The molecule has 146 valence electrons. The van der Waals surface area contributed by atoms with Crippen molar-refractivity contribution in [3.05, 3.63) is 30.0 Å². The molecule has 1 aromatic carbocycles. The van der Waals surface area contributed by atoms with Gasteiger partial charge in [0.15, 0.2) is 0 Å². The zero-order chi connectivity index (χ0) is 19.4. The third-order valence-corrected chi connectivity index (χ3v) is 5.11. The van der Waals surface area contributed by atoms with Crippen molar-refractivity contribution < 1.29 is 14.3 Å². The summed E-state index contributed by atoms with van der Waals surface area (Å²) in [7, 11) is 5.13. The minimum atomic E-state index is -0.134. The highest BCUT2D eigenvalue weighted by molar-refractivity contribution is 5.85. The summed E-state index contributed by atoms with van der Waals surface area (Å²) in [5.41, 5.74) is 2.21. The van der Waals surface area contributed by atoms with Crippen LogP contribution in [-0.2, 0) is 11.2 Å². The zero-order valence-corrected chi connectivity index (χ0v) is 16.2. The fourth-order valence-electron chi connectivity index (χ4n) is 3.60. The number of benzene rings is 1. The number of carbonyl (C=O) groups is 2. The minimum absolute atomic E-state index is 0.0276. The summed E-state index contributed by atoms with van der Waals surface area (Å²) < 4.78 is 5.30. The number of nitrogens with zero attached hydrogens (tertiary/aromatic N) is 2. The van der Waals surface area contributed by atoms with Gasteiger partial charge in [0.25, 0.3) is 0 Å². The Morgan fingerprint density at radius 2 is 2.19 bits per heavy atom. The Morgan fingerprint density at radius 1 is 1.37 bits per heavy atom. The number of hydrogen-bond acceptors (Lipinski definition) is 3. The monoisotopic (exact) mass is 372 g/mol. The van der Waals surface area contributed by atoms with E-state index in [1.165, 1.54) is 0 Å². The van der Waals surface area contributed by atoms with Crippen molar-refractivity contribution in [2.24, 2.45) is 5.92 Å². The number of nitrogens with one attached hydrogen (secondary N) is 2. The Kier molecular flexibility index (Phi) is 5.88. The Bertz CT molecular complexity index is 815. The SMILES string of the molecule is COc1ccc2[nH]cc(CCNC(=O)C3CCCN(C(=O)N(C)C)C3)c2c1. The molecule has 27 heavy (non-hydrogen) atoms. The Balaban J connectivity index is 1.54. The number of rotatable bonds is 5. The van der Waals surface area contributed by atoms with Crippen LogP contribution >= 0.6 is 0 Å². The fourth-order valence-corrected chi connectivity index (χ4v) is 3.60. The molecule has 2 aromatic rings. The standard InChI is InChI=1S/C20H28N4O3/c1-23(2)20(26)24-10-4-5-15(13-24)19(25)21-9-8-14-12-22-18-7-6-16(27-3)11-17(14)18/h6-7,11-12,15,22H,4-5,8-10,13H2,1-3H3,(H,21,25). The summed E-state index contributed by atoms with van der Waals surface area (Å²) in [4.78, 5) is 31.2. The van der Waals surface area contributed by atoms with Gasteiger partial charge < -0.3 is 24.8 Å². The van der Waals surface area contributed by atoms with Crippen LogP contribution in [-0.4, -0.2) is 67.6 Å². The second-order valence-electron chi connectivity index (χ2n) is 7.23. The summed E-state index contributed by atoms with van der Waals surface area (Å²) in [6, 6.07) is 5.90.